The van der Waals surface area contributed by atoms with Crippen molar-refractivity contribution in [3.8, 4) is 28.2 Å². The minimum atomic E-state index is -0.604. The number of unbranched alkanes of at least 4 members (excludes halogenated alkanes) is 1. The molecule has 0 amide bonds. The van der Waals surface area contributed by atoms with Crippen LogP contribution in [0.15, 0.2) is 80.8 Å². The number of carbonyl (C=O) groups excluding carboxylic acids is 1. The van der Waals surface area contributed by atoms with Gasteiger partial charge in [0.1, 0.15) is 5.82 Å². The molecule has 8 nitrogen and oxygen atoms in total. The molecule has 0 fully saturated rings. The zero-order valence-electron chi connectivity index (χ0n) is 23.1. The van der Waals surface area contributed by atoms with E-state index in [-0.39, 0.29) is 11.3 Å². The zero-order valence-corrected chi connectivity index (χ0v) is 23.1. The van der Waals surface area contributed by atoms with Gasteiger partial charge in [-0.2, -0.15) is 0 Å². The topological polar surface area (TPSA) is 111 Å². The number of aryl methyl sites for hydroxylation is 3. The first-order valence-electron chi connectivity index (χ1n) is 14.0. The summed E-state index contributed by atoms with van der Waals surface area (Å²) in [5, 5.41) is 3.85. The molecule has 0 aliphatic heterocycles. The van der Waals surface area contributed by atoms with E-state index in [0.717, 1.165) is 59.2 Å². The predicted octanol–water partition coefficient (Wildman–Crippen LogP) is 5.61. The second-order valence-electron chi connectivity index (χ2n) is 10.5. The summed E-state index contributed by atoms with van der Waals surface area (Å²) >= 11 is 0. The van der Waals surface area contributed by atoms with E-state index in [2.05, 4.69) is 17.1 Å². The summed E-state index contributed by atoms with van der Waals surface area (Å²) in [7, 11) is 0. The van der Waals surface area contributed by atoms with Gasteiger partial charge in [-0.3, -0.25) is 23.7 Å². The normalized spacial score (nSPS) is 12.6. The minimum Gasteiger partial charge on any atom is -0.296 e. The Morgan fingerprint density at radius 2 is 1.71 bits per heavy atom. The molecule has 0 saturated carbocycles. The summed E-state index contributed by atoms with van der Waals surface area (Å²) in [6.45, 7) is 3.98. The molecule has 41 heavy (non-hydrogen) atoms. The van der Waals surface area contributed by atoms with Gasteiger partial charge in [0.15, 0.2) is 11.6 Å². The monoisotopic (exact) mass is 546 g/mol. The third-order valence-electron chi connectivity index (χ3n) is 7.74. The Morgan fingerprint density at radius 1 is 0.927 bits per heavy atom. The van der Waals surface area contributed by atoms with Crippen LogP contribution in [0.1, 0.15) is 64.8 Å². The third-order valence-corrected chi connectivity index (χ3v) is 7.74. The number of ketones is 1. The molecule has 0 spiro atoms. The van der Waals surface area contributed by atoms with Crippen LogP contribution in [0, 0.1) is 6.92 Å². The van der Waals surface area contributed by atoms with Crippen molar-refractivity contribution in [1.82, 2.24) is 19.7 Å². The second-order valence-corrected chi connectivity index (χ2v) is 10.5. The molecule has 5 aromatic rings. The number of aromatic nitrogens is 4. The van der Waals surface area contributed by atoms with Crippen LogP contribution in [0.5, 0.6) is 0 Å². The fourth-order valence-corrected chi connectivity index (χ4v) is 5.61. The number of hydrogen-bond acceptors (Lipinski definition) is 6. The van der Waals surface area contributed by atoms with E-state index in [0.29, 0.717) is 41.3 Å². The lowest BCUT2D eigenvalue weighted by Crippen LogP contribution is -2.28. The van der Waals surface area contributed by atoms with Gasteiger partial charge in [-0.15, -0.1) is 0 Å². The number of fused-ring (bicyclic) bond motifs is 1. The van der Waals surface area contributed by atoms with Crippen molar-refractivity contribution < 1.29 is 9.32 Å². The second kappa shape index (κ2) is 11.0. The first-order chi connectivity index (χ1) is 19.9. The molecule has 2 aromatic heterocycles. The Morgan fingerprint density at radius 3 is 2.44 bits per heavy atom. The molecule has 0 bridgehead atoms. The lowest BCUT2D eigenvalue weighted by molar-refractivity contribution is 0.0994. The summed E-state index contributed by atoms with van der Waals surface area (Å²) in [5.41, 5.74) is 7.40. The van der Waals surface area contributed by atoms with Crippen LogP contribution in [-0.2, 0) is 19.3 Å². The van der Waals surface area contributed by atoms with Crippen molar-refractivity contribution >= 4 is 5.78 Å². The fourth-order valence-electron chi connectivity index (χ4n) is 5.61. The van der Waals surface area contributed by atoms with Crippen LogP contribution in [0.3, 0.4) is 0 Å². The summed E-state index contributed by atoms with van der Waals surface area (Å²) in [5.74, 6) is 0.507. The van der Waals surface area contributed by atoms with Gasteiger partial charge in [-0.1, -0.05) is 73.1 Å². The standard InChI is InChI=1S/C33H30N4O4/c1-3-4-9-29-28(32(39)37(20(2)34-29)24-16-14-23-15-17-30(38)27(23)19-24)18-21-10-12-22(13-11-21)25-7-5-6-8-26(25)31-35-33(40)41-36-31/h5-8,10-14,16,19H,3-4,9,15,17-18H2,1-2H3,(H,35,36,40). The highest BCUT2D eigenvalue weighted by Crippen LogP contribution is 2.30. The van der Waals surface area contributed by atoms with E-state index in [1.807, 2.05) is 73.7 Å². The van der Waals surface area contributed by atoms with Gasteiger partial charge in [0, 0.05) is 29.5 Å². The average Bonchev–Trinajstić information content (AvgIpc) is 3.59. The molecule has 6 rings (SSSR count). The zero-order chi connectivity index (χ0) is 28.5. The molecule has 1 N–H and O–H groups in total. The maximum Gasteiger partial charge on any atom is 0.439 e. The summed E-state index contributed by atoms with van der Waals surface area (Å²) < 4.78 is 6.35. The van der Waals surface area contributed by atoms with Gasteiger partial charge >= 0.3 is 5.76 Å². The number of nitrogens with one attached hydrogen (secondary N) is 1. The van der Waals surface area contributed by atoms with Crippen LogP contribution >= 0.6 is 0 Å². The van der Waals surface area contributed by atoms with Gasteiger partial charge in [0.05, 0.1) is 11.4 Å². The highest BCUT2D eigenvalue weighted by Gasteiger charge is 2.22. The average molecular weight is 547 g/mol. The van der Waals surface area contributed by atoms with Crippen LogP contribution in [0.2, 0.25) is 0 Å². The van der Waals surface area contributed by atoms with Gasteiger partial charge in [0.25, 0.3) is 5.56 Å². The summed E-state index contributed by atoms with van der Waals surface area (Å²) in [6.07, 6.45) is 4.37. The minimum absolute atomic E-state index is 0.0987. The molecule has 2 heterocycles. The molecule has 0 saturated heterocycles. The Bertz CT molecular complexity index is 1880. The van der Waals surface area contributed by atoms with E-state index < -0.39 is 5.76 Å². The van der Waals surface area contributed by atoms with Crippen LogP contribution < -0.4 is 11.3 Å². The van der Waals surface area contributed by atoms with Crippen molar-refractivity contribution in [2.45, 2.75) is 52.4 Å². The van der Waals surface area contributed by atoms with Crippen LogP contribution in [0.4, 0.5) is 0 Å². The number of Topliss-reactive ketones (excluding diaryl/α,β-unsaturated/α-hetero) is 1. The number of nitrogens with zero attached hydrogens (tertiary/aromatic N) is 3. The SMILES string of the molecule is CCCCc1nc(C)n(-c2ccc3c(c2)C(=O)CC3)c(=O)c1Cc1ccc(-c2ccccc2-c2noc(=O)[nH]2)cc1. The number of rotatable bonds is 8. The molecular weight excluding hydrogens is 516 g/mol. The first-order valence-corrected chi connectivity index (χ1v) is 14.0. The number of carbonyl (C=O) groups is 1. The Balaban J connectivity index is 1.37. The number of aromatic amines is 1. The van der Waals surface area contributed by atoms with E-state index in [4.69, 9.17) is 9.51 Å². The molecule has 1 aliphatic rings. The van der Waals surface area contributed by atoms with E-state index >= 15 is 0 Å². The Kier molecular flexibility index (Phi) is 7.05. The molecule has 0 radical (unpaired) electrons. The largest absolute Gasteiger partial charge is 0.439 e. The molecule has 8 heteroatoms. The Labute approximate surface area is 236 Å². The summed E-state index contributed by atoms with van der Waals surface area (Å²) in [4.78, 5) is 45.5. The molecule has 1 aliphatic carbocycles. The van der Waals surface area contributed by atoms with Crippen molar-refractivity contribution in [1.29, 1.82) is 0 Å². The Hall–Kier alpha value is -4.85. The molecule has 0 unspecified atom stereocenters. The quantitative estimate of drug-likeness (QED) is 0.271. The van der Waals surface area contributed by atoms with Crippen molar-refractivity contribution in [2.24, 2.45) is 0 Å². The maximum absolute atomic E-state index is 14.0. The smallest absolute Gasteiger partial charge is 0.296 e. The number of hydrogen-bond donors (Lipinski definition) is 1. The predicted molar refractivity (Wildman–Crippen MR) is 157 cm³/mol. The molecule has 206 valence electrons. The maximum atomic E-state index is 14.0. The number of H-pyrrole nitrogens is 1. The van der Waals surface area contributed by atoms with Gasteiger partial charge < -0.3 is 0 Å². The molecule has 0 atom stereocenters. The highest BCUT2D eigenvalue weighted by molar-refractivity contribution is 6.00. The number of benzene rings is 3. The van der Waals surface area contributed by atoms with Gasteiger partial charge in [-0.05, 0) is 60.6 Å². The van der Waals surface area contributed by atoms with E-state index in [1.54, 1.807) is 4.57 Å². The van der Waals surface area contributed by atoms with Crippen molar-refractivity contribution in [3.63, 3.8) is 0 Å². The first kappa shape index (κ1) is 26.4. The van der Waals surface area contributed by atoms with Crippen LogP contribution in [0.25, 0.3) is 28.2 Å². The van der Waals surface area contributed by atoms with Crippen LogP contribution in [-0.4, -0.2) is 25.5 Å². The van der Waals surface area contributed by atoms with Crippen molar-refractivity contribution in [3.05, 3.63) is 121 Å². The third kappa shape index (κ3) is 5.09. The van der Waals surface area contributed by atoms with E-state index in [9.17, 15) is 14.4 Å². The lowest BCUT2D eigenvalue weighted by atomic mass is 9.96. The van der Waals surface area contributed by atoms with Gasteiger partial charge in [0.2, 0.25) is 0 Å². The van der Waals surface area contributed by atoms with E-state index in [1.165, 1.54) is 0 Å². The van der Waals surface area contributed by atoms with Crippen molar-refractivity contribution in [2.75, 3.05) is 0 Å². The molecular formula is C33H30N4O4. The molecule has 3 aromatic carbocycles. The summed E-state index contributed by atoms with van der Waals surface area (Å²) in [6, 6.07) is 21.4. The highest BCUT2D eigenvalue weighted by atomic mass is 16.5. The van der Waals surface area contributed by atoms with Gasteiger partial charge in [-0.25, -0.2) is 9.78 Å². The lowest BCUT2D eigenvalue weighted by Gasteiger charge is -2.16. The fraction of sp³-hybridized carbons (Fsp3) is 0.242.